The second-order valence-corrected chi connectivity index (χ2v) is 9.08. The fraction of sp³-hybridized carbons (Fsp3) is 0.450. The maximum Gasteiger partial charge on any atom is 0.254 e. The molecule has 1 aliphatic rings. The van der Waals surface area contributed by atoms with Gasteiger partial charge in [0.25, 0.3) is 5.91 Å². The van der Waals surface area contributed by atoms with Crippen LogP contribution in [0.5, 0.6) is 0 Å². The van der Waals surface area contributed by atoms with Crippen molar-refractivity contribution in [3.05, 3.63) is 53.6 Å². The molecule has 7 nitrogen and oxygen atoms in total. The molecule has 0 saturated carbocycles. The third-order valence-corrected chi connectivity index (χ3v) is 6.80. The molecule has 1 amide bonds. The number of sulfone groups is 1. The number of piperidine rings is 1. The van der Waals surface area contributed by atoms with Gasteiger partial charge in [0.1, 0.15) is 5.82 Å². The molecule has 1 aliphatic heterocycles. The number of carbonyl (C=O) groups is 1. The molecule has 1 unspecified atom stereocenters. The van der Waals surface area contributed by atoms with Crippen LogP contribution in [0.2, 0.25) is 0 Å². The van der Waals surface area contributed by atoms with Gasteiger partial charge in [-0.1, -0.05) is 24.6 Å². The van der Waals surface area contributed by atoms with Crippen molar-refractivity contribution >= 4 is 15.7 Å². The van der Waals surface area contributed by atoms with Gasteiger partial charge in [0.2, 0.25) is 0 Å². The maximum atomic E-state index is 12.7. The predicted octanol–water partition coefficient (Wildman–Crippen LogP) is 2.15. The second-order valence-electron chi connectivity index (χ2n) is 6.97. The van der Waals surface area contributed by atoms with E-state index in [1.54, 1.807) is 50.5 Å². The van der Waals surface area contributed by atoms with Crippen LogP contribution in [0.15, 0.2) is 41.4 Å². The number of aromatic nitrogens is 2. The van der Waals surface area contributed by atoms with Crippen LogP contribution in [0.3, 0.4) is 0 Å². The van der Waals surface area contributed by atoms with E-state index in [1.165, 1.54) is 0 Å². The third kappa shape index (κ3) is 4.56. The molecular formula is C20H26N4O3S. The average molecular weight is 403 g/mol. The van der Waals surface area contributed by atoms with E-state index in [-0.39, 0.29) is 17.7 Å². The normalized spacial score (nSPS) is 18.0. The molecule has 1 N–H and O–H groups in total. The van der Waals surface area contributed by atoms with Gasteiger partial charge >= 0.3 is 0 Å². The molecule has 0 radical (unpaired) electrons. The summed E-state index contributed by atoms with van der Waals surface area (Å²) in [6, 6.07) is 8.43. The van der Waals surface area contributed by atoms with Crippen LogP contribution < -0.4 is 5.32 Å². The molecule has 1 fully saturated rings. The summed E-state index contributed by atoms with van der Waals surface area (Å²) in [6.07, 6.45) is 4.42. The van der Waals surface area contributed by atoms with Crippen molar-refractivity contribution in [3.8, 4) is 0 Å². The van der Waals surface area contributed by atoms with E-state index < -0.39 is 9.84 Å². The number of hydrogen-bond donors (Lipinski definition) is 1. The van der Waals surface area contributed by atoms with Crippen LogP contribution >= 0.6 is 0 Å². The molecule has 0 bridgehead atoms. The van der Waals surface area contributed by atoms with Gasteiger partial charge in [-0.3, -0.25) is 9.69 Å². The smallest absolute Gasteiger partial charge is 0.254 e. The van der Waals surface area contributed by atoms with Crippen molar-refractivity contribution in [2.45, 2.75) is 37.1 Å². The average Bonchev–Trinajstić information content (AvgIpc) is 2.72. The van der Waals surface area contributed by atoms with Gasteiger partial charge in [0.05, 0.1) is 27.9 Å². The number of nitrogens with zero attached hydrogens (tertiary/aromatic N) is 3. The first-order valence-electron chi connectivity index (χ1n) is 9.50. The minimum absolute atomic E-state index is 0.0346. The molecule has 1 saturated heterocycles. The predicted molar refractivity (Wildman–Crippen MR) is 107 cm³/mol. The molecule has 1 atom stereocenters. The number of aryl methyl sites for hydroxylation is 1. The Morgan fingerprint density at radius 2 is 2.00 bits per heavy atom. The van der Waals surface area contributed by atoms with E-state index in [1.807, 2.05) is 0 Å². The Kier molecular flexibility index (Phi) is 6.41. The van der Waals surface area contributed by atoms with E-state index >= 15 is 0 Å². The van der Waals surface area contributed by atoms with Gasteiger partial charge in [0, 0.05) is 19.8 Å². The minimum atomic E-state index is -3.36. The Hall–Kier alpha value is -2.32. The highest BCUT2D eigenvalue weighted by atomic mass is 32.2. The van der Waals surface area contributed by atoms with Crippen LogP contribution in [-0.4, -0.2) is 55.1 Å². The van der Waals surface area contributed by atoms with E-state index in [4.69, 9.17) is 0 Å². The molecule has 150 valence electrons. The SMILES string of the molecule is CNC(=O)c1cnc(C)nc1C1CCCCN1CCS(=O)(=O)c1ccccc1. The minimum Gasteiger partial charge on any atom is -0.355 e. The van der Waals surface area contributed by atoms with Crippen molar-refractivity contribution < 1.29 is 13.2 Å². The largest absolute Gasteiger partial charge is 0.355 e. The fourth-order valence-electron chi connectivity index (χ4n) is 3.60. The summed E-state index contributed by atoms with van der Waals surface area (Å²) >= 11 is 0. The lowest BCUT2D eigenvalue weighted by molar-refractivity contribution is 0.0953. The van der Waals surface area contributed by atoms with Crippen molar-refractivity contribution in [3.63, 3.8) is 0 Å². The van der Waals surface area contributed by atoms with Crippen molar-refractivity contribution in [1.82, 2.24) is 20.2 Å². The van der Waals surface area contributed by atoms with E-state index in [0.29, 0.717) is 28.5 Å². The van der Waals surface area contributed by atoms with Gasteiger partial charge in [-0.15, -0.1) is 0 Å². The van der Waals surface area contributed by atoms with E-state index in [0.717, 1.165) is 25.8 Å². The van der Waals surface area contributed by atoms with Crippen LogP contribution in [0, 0.1) is 6.92 Å². The van der Waals surface area contributed by atoms with Gasteiger partial charge < -0.3 is 5.32 Å². The van der Waals surface area contributed by atoms with E-state index in [2.05, 4.69) is 20.2 Å². The molecule has 2 aromatic rings. The van der Waals surface area contributed by atoms with Gasteiger partial charge in [-0.05, 0) is 38.4 Å². The summed E-state index contributed by atoms with van der Waals surface area (Å²) in [5.41, 5.74) is 1.14. The summed E-state index contributed by atoms with van der Waals surface area (Å²) in [4.78, 5) is 23.5. The lowest BCUT2D eigenvalue weighted by atomic mass is 9.96. The highest BCUT2D eigenvalue weighted by molar-refractivity contribution is 7.91. The number of nitrogens with one attached hydrogen (secondary N) is 1. The van der Waals surface area contributed by atoms with Crippen LogP contribution in [0.1, 0.15) is 47.2 Å². The van der Waals surface area contributed by atoms with Crippen LogP contribution in [0.25, 0.3) is 0 Å². The number of rotatable bonds is 6. The quantitative estimate of drug-likeness (QED) is 0.796. The number of hydrogen-bond acceptors (Lipinski definition) is 6. The molecule has 3 rings (SSSR count). The Morgan fingerprint density at radius 3 is 2.71 bits per heavy atom. The number of benzene rings is 1. The Labute approximate surface area is 166 Å². The maximum absolute atomic E-state index is 12.7. The summed E-state index contributed by atoms with van der Waals surface area (Å²) in [7, 11) is -1.78. The second kappa shape index (κ2) is 8.79. The molecule has 1 aromatic carbocycles. The first-order valence-corrected chi connectivity index (χ1v) is 11.1. The Balaban J connectivity index is 1.84. The molecule has 28 heavy (non-hydrogen) atoms. The monoisotopic (exact) mass is 402 g/mol. The first kappa shape index (κ1) is 20.4. The zero-order chi connectivity index (χ0) is 20.1. The molecule has 0 aliphatic carbocycles. The van der Waals surface area contributed by atoms with Gasteiger partial charge in [-0.2, -0.15) is 0 Å². The van der Waals surface area contributed by atoms with E-state index in [9.17, 15) is 13.2 Å². The highest BCUT2D eigenvalue weighted by Crippen LogP contribution is 2.31. The number of likely N-dealkylation sites (tertiary alicyclic amines) is 1. The fourth-order valence-corrected chi connectivity index (χ4v) is 4.88. The zero-order valence-electron chi connectivity index (χ0n) is 16.3. The summed E-state index contributed by atoms with van der Waals surface area (Å²) in [5, 5.41) is 2.64. The van der Waals surface area contributed by atoms with Crippen molar-refractivity contribution in [2.75, 3.05) is 25.9 Å². The molecule has 0 spiro atoms. The topological polar surface area (TPSA) is 92.3 Å². The van der Waals surface area contributed by atoms with Crippen molar-refractivity contribution in [2.24, 2.45) is 0 Å². The number of carbonyl (C=O) groups excluding carboxylic acids is 1. The molecule has 8 heteroatoms. The molecule has 2 heterocycles. The lowest BCUT2D eigenvalue weighted by Gasteiger charge is -2.36. The number of amides is 1. The lowest BCUT2D eigenvalue weighted by Crippen LogP contribution is -2.38. The van der Waals surface area contributed by atoms with Gasteiger partial charge in [-0.25, -0.2) is 18.4 Å². The van der Waals surface area contributed by atoms with Crippen molar-refractivity contribution in [1.29, 1.82) is 0 Å². The van der Waals surface area contributed by atoms with Crippen LogP contribution in [-0.2, 0) is 9.84 Å². The van der Waals surface area contributed by atoms with Crippen LogP contribution in [0.4, 0.5) is 0 Å². The zero-order valence-corrected chi connectivity index (χ0v) is 17.1. The molecular weight excluding hydrogens is 376 g/mol. The summed E-state index contributed by atoms with van der Waals surface area (Å²) < 4.78 is 25.4. The Morgan fingerprint density at radius 1 is 1.25 bits per heavy atom. The third-order valence-electron chi connectivity index (χ3n) is 5.09. The summed E-state index contributed by atoms with van der Waals surface area (Å²) in [6.45, 7) is 2.98. The Bertz CT molecular complexity index is 932. The van der Waals surface area contributed by atoms with Gasteiger partial charge in [0.15, 0.2) is 9.84 Å². The first-order chi connectivity index (χ1) is 13.4. The molecule has 1 aromatic heterocycles. The standard InChI is InChI=1S/C20H26N4O3S/c1-15-22-14-17(20(25)21-2)19(23-15)18-10-6-7-11-24(18)12-13-28(26,27)16-8-4-3-5-9-16/h3-5,8-9,14,18H,6-7,10-13H2,1-2H3,(H,21,25). The summed E-state index contributed by atoms with van der Waals surface area (Å²) in [5.74, 6) is 0.412. The highest BCUT2D eigenvalue weighted by Gasteiger charge is 2.30.